The minimum absolute atomic E-state index is 0.0157. The highest BCUT2D eigenvalue weighted by atomic mass is 19.3. The quantitative estimate of drug-likeness (QED) is 0.809. The van der Waals surface area contributed by atoms with Crippen molar-refractivity contribution >= 4 is 6.03 Å². The van der Waals surface area contributed by atoms with Crippen LogP contribution in [0.4, 0.5) is 18.0 Å². The first-order valence-electron chi connectivity index (χ1n) is 7.23. The first-order chi connectivity index (χ1) is 11.9. The molecule has 0 aliphatic carbocycles. The van der Waals surface area contributed by atoms with E-state index >= 15 is 0 Å². The van der Waals surface area contributed by atoms with Crippen LogP contribution >= 0.6 is 0 Å². The van der Waals surface area contributed by atoms with Gasteiger partial charge in [0.15, 0.2) is 11.6 Å². The summed E-state index contributed by atoms with van der Waals surface area (Å²) in [5.74, 6) is -0.430. The topological polar surface area (TPSA) is 85.2 Å². The van der Waals surface area contributed by atoms with Crippen molar-refractivity contribution in [1.29, 1.82) is 0 Å². The Morgan fingerprint density at radius 1 is 1.44 bits per heavy atom. The first-order valence-corrected chi connectivity index (χ1v) is 7.23. The highest BCUT2D eigenvalue weighted by Gasteiger charge is 2.16. The van der Waals surface area contributed by atoms with Crippen LogP contribution in [0.15, 0.2) is 18.6 Å². The zero-order valence-corrected chi connectivity index (χ0v) is 13.6. The van der Waals surface area contributed by atoms with E-state index in [0.29, 0.717) is 0 Å². The normalized spacial score (nSPS) is 10.8. The Morgan fingerprint density at radius 3 is 2.88 bits per heavy atom. The summed E-state index contributed by atoms with van der Waals surface area (Å²) in [6.07, 6.45) is -0.0828. The van der Waals surface area contributed by atoms with Gasteiger partial charge in [-0.2, -0.15) is 5.10 Å². The summed E-state index contributed by atoms with van der Waals surface area (Å²) in [5.41, 5.74) is 0.0157. The molecule has 0 fully saturated rings. The molecule has 11 heteroatoms. The highest BCUT2D eigenvalue weighted by Crippen LogP contribution is 2.17. The summed E-state index contributed by atoms with van der Waals surface area (Å²) in [4.78, 5) is 21.0. The lowest BCUT2D eigenvalue weighted by atomic mass is 10.3. The van der Waals surface area contributed by atoms with Crippen molar-refractivity contribution in [3.63, 3.8) is 0 Å². The van der Waals surface area contributed by atoms with E-state index in [0.717, 1.165) is 11.0 Å². The van der Waals surface area contributed by atoms with Gasteiger partial charge in [0.05, 0.1) is 25.9 Å². The molecule has 2 amide bonds. The number of methoxy groups -OCH3 is 1. The molecule has 0 aromatic carbocycles. The number of hydrogen-bond donors (Lipinski definition) is 1. The van der Waals surface area contributed by atoms with Crippen molar-refractivity contribution in [3.05, 3.63) is 35.9 Å². The molecule has 0 bridgehead atoms. The van der Waals surface area contributed by atoms with Crippen LogP contribution in [0.5, 0.6) is 5.75 Å². The van der Waals surface area contributed by atoms with E-state index in [1.54, 1.807) is 0 Å². The van der Waals surface area contributed by atoms with Crippen molar-refractivity contribution in [2.45, 2.75) is 26.1 Å². The molecule has 2 aromatic heterocycles. The van der Waals surface area contributed by atoms with Gasteiger partial charge in [-0.25, -0.2) is 27.6 Å². The number of alkyl halides is 2. The molecule has 25 heavy (non-hydrogen) atoms. The second-order valence-corrected chi connectivity index (χ2v) is 5.04. The molecule has 2 aromatic rings. The molecule has 0 unspecified atom stereocenters. The maximum Gasteiger partial charge on any atom is 0.317 e. The molecule has 0 saturated carbocycles. The summed E-state index contributed by atoms with van der Waals surface area (Å²) in [7, 11) is 2.77. The predicted molar refractivity (Wildman–Crippen MR) is 80.5 cm³/mol. The number of halogens is 3. The van der Waals surface area contributed by atoms with Crippen molar-refractivity contribution in [2.75, 3.05) is 14.2 Å². The zero-order chi connectivity index (χ0) is 18.4. The highest BCUT2D eigenvalue weighted by molar-refractivity contribution is 5.73. The van der Waals surface area contributed by atoms with Crippen LogP contribution in [0, 0.1) is 5.82 Å². The number of urea groups is 1. The van der Waals surface area contributed by atoms with Crippen LogP contribution in [-0.4, -0.2) is 51.3 Å². The minimum atomic E-state index is -2.58. The zero-order valence-electron chi connectivity index (χ0n) is 13.6. The molecule has 8 nitrogen and oxygen atoms in total. The lowest BCUT2D eigenvalue weighted by molar-refractivity contribution is 0.119. The molecule has 0 radical (unpaired) electrons. The van der Waals surface area contributed by atoms with Gasteiger partial charge in [0.1, 0.15) is 18.7 Å². The Kier molecular flexibility index (Phi) is 6.14. The molecule has 2 heterocycles. The molecule has 0 spiro atoms. The summed E-state index contributed by atoms with van der Waals surface area (Å²) in [6, 6.07) is 0.818. The Hall–Kier alpha value is -2.85. The standard InChI is InChI=1S/C14H17F3N6O2/c1-22(7-12-20-8-21-23(12)6-11(15)16)14(24)19-5-9-13(17)10(25-2)3-4-18-9/h3-4,8,11H,5-7H2,1-2H3,(H,19,24). The number of pyridine rings is 1. The van der Waals surface area contributed by atoms with Gasteiger partial charge in [0.25, 0.3) is 6.43 Å². The summed E-state index contributed by atoms with van der Waals surface area (Å²) < 4.78 is 44.7. The van der Waals surface area contributed by atoms with Crippen LogP contribution in [0.25, 0.3) is 0 Å². The number of ether oxygens (including phenoxy) is 1. The largest absolute Gasteiger partial charge is 0.494 e. The van der Waals surface area contributed by atoms with Gasteiger partial charge in [0.2, 0.25) is 0 Å². The Morgan fingerprint density at radius 2 is 2.20 bits per heavy atom. The average molecular weight is 358 g/mol. The lowest BCUT2D eigenvalue weighted by Gasteiger charge is -2.18. The van der Waals surface area contributed by atoms with Crippen molar-refractivity contribution in [2.24, 2.45) is 0 Å². The number of carbonyl (C=O) groups excluding carboxylic acids is 1. The van der Waals surface area contributed by atoms with E-state index in [4.69, 9.17) is 4.74 Å². The molecular weight excluding hydrogens is 341 g/mol. The Bertz CT molecular complexity index is 724. The summed E-state index contributed by atoms with van der Waals surface area (Å²) in [6.45, 7) is -0.799. The number of hydrogen-bond acceptors (Lipinski definition) is 5. The molecule has 1 N–H and O–H groups in total. The maximum absolute atomic E-state index is 14.0. The third-order valence-corrected chi connectivity index (χ3v) is 3.28. The number of nitrogens with zero attached hydrogens (tertiary/aromatic N) is 5. The fourth-order valence-electron chi connectivity index (χ4n) is 2.02. The molecule has 2 rings (SSSR count). The number of aromatic nitrogens is 4. The molecule has 0 atom stereocenters. The average Bonchev–Trinajstić information content (AvgIpc) is 2.99. The van der Waals surface area contributed by atoms with Crippen LogP contribution in [0.2, 0.25) is 0 Å². The fraction of sp³-hybridized carbons (Fsp3) is 0.429. The van der Waals surface area contributed by atoms with E-state index in [9.17, 15) is 18.0 Å². The van der Waals surface area contributed by atoms with Gasteiger partial charge in [-0.3, -0.25) is 4.98 Å². The third kappa shape index (κ3) is 4.81. The van der Waals surface area contributed by atoms with Gasteiger partial charge >= 0.3 is 6.03 Å². The maximum atomic E-state index is 14.0. The second-order valence-electron chi connectivity index (χ2n) is 5.04. The van der Waals surface area contributed by atoms with Gasteiger partial charge in [0, 0.05) is 19.3 Å². The van der Waals surface area contributed by atoms with E-state index in [1.807, 2.05) is 0 Å². The van der Waals surface area contributed by atoms with Gasteiger partial charge < -0.3 is 15.0 Å². The number of carbonyl (C=O) groups is 1. The van der Waals surface area contributed by atoms with Crippen molar-refractivity contribution in [3.8, 4) is 5.75 Å². The number of rotatable bonds is 7. The molecular formula is C14H17F3N6O2. The monoisotopic (exact) mass is 358 g/mol. The summed E-state index contributed by atoms with van der Waals surface area (Å²) >= 11 is 0. The molecule has 0 saturated heterocycles. The van der Waals surface area contributed by atoms with Crippen molar-refractivity contribution in [1.82, 2.24) is 30.0 Å². The Balaban J connectivity index is 1.94. The van der Waals surface area contributed by atoms with Crippen LogP contribution < -0.4 is 10.1 Å². The van der Waals surface area contributed by atoms with E-state index in [-0.39, 0.29) is 30.4 Å². The summed E-state index contributed by atoms with van der Waals surface area (Å²) in [5, 5.41) is 6.17. The molecule has 136 valence electrons. The SMILES string of the molecule is COc1ccnc(CNC(=O)N(C)Cc2ncnn2CC(F)F)c1F. The van der Waals surface area contributed by atoms with Crippen molar-refractivity contribution < 1.29 is 22.7 Å². The van der Waals surface area contributed by atoms with Gasteiger partial charge in [-0.15, -0.1) is 0 Å². The van der Waals surface area contributed by atoms with Gasteiger partial charge in [-0.05, 0) is 0 Å². The Labute approximate surface area is 141 Å². The van der Waals surface area contributed by atoms with E-state index < -0.39 is 24.8 Å². The van der Waals surface area contributed by atoms with Gasteiger partial charge in [-0.1, -0.05) is 0 Å². The van der Waals surface area contributed by atoms with E-state index in [2.05, 4.69) is 20.4 Å². The third-order valence-electron chi connectivity index (χ3n) is 3.28. The number of amides is 2. The fourth-order valence-corrected chi connectivity index (χ4v) is 2.02. The predicted octanol–water partition coefficient (Wildman–Crippen LogP) is 1.43. The van der Waals surface area contributed by atoms with E-state index in [1.165, 1.54) is 31.3 Å². The lowest BCUT2D eigenvalue weighted by Crippen LogP contribution is -2.37. The van der Waals surface area contributed by atoms with Crippen LogP contribution in [0.3, 0.4) is 0 Å². The van der Waals surface area contributed by atoms with Crippen LogP contribution in [0.1, 0.15) is 11.5 Å². The number of nitrogens with one attached hydrogen (secondary N) is 1. The minimum Gasteiger partial charge on any atom is -0.494 e. The smallest absolute Gasteiger partial charge is 0.317 e. The second kappa shape index (κ2) is 8.31. The molecule has 0 aliphatic rings. The molecule has 0 aliphatic heterocycles. The van der Waals surface area contributed by atoms with Crippen LogP contribution in [-0.2, 0) is 19.6 Å². The first kappa shape index (κ1) is 18.5.